The van der Waals surface area contributed by atoms with E-state index in [0.29, 0.717) is 23.6 Å². The second-order valence-corrected chi connectivity index (χ2v) is 4.05. The zero-order chi connectivity index (χ0) is 13.4. The molecule has 3 rings (SSSR count). The normalized spacial score (nSPS) is 11.3. The Morgan fingerprint density at radius 2 is 2.16 bits per heavy atom. The van der Waals surface area contributed by atoms with Gasteiger partial charge >= 0.3 is 0 Å². The molecule has 0 saturated carbocycles. The summed E-state index contributed by atoms with van der Waals surface area (Å²) < 4.78 is 28.1. The molecule has 1 aromatic carbocycles. The summed E-state index contributed by atoms with van der Waals surface area (Å²) in [6, 6.07) is 2.50. The number of rotatable bonds is 3. The minimum atomic E-state index is -0.957. The van der Waals surface area contributed by atoms with Gasteiger partial charge in [-0.05, 0) is 12.1 Å². The van der Waals surface area contributed by atoms with Gasteiger partial charge in [-0.2, -0.15) is 0 Å². The Morgan fingerprint density at radius 1 is 1.32 bits per heavy atom. The lowest BCUT2D eigenvalue weighted by molar-refractivity contribution is 0.515. The van der Waals surface area contributed by atoms with E-state index >= 15 is 0 Å². The first-order valence-electron chi connectivity index (χ1n) is 5.59. The Balaban J connectivity index is 1.95. The number of aromatic nitrogens is 5. The Hall–Kier alpha value is -2.35. The monoisotopic (exact) mass is 264 g/mol. The largest absolute Gasteiger partial charge is 0.340 e. The second kappa shape index (κ2) is 4.39. The van der Waals surface area contributed by atoms with Crippen LogP contribution in [0, 0.1) is 11.6 Å². The van der Waals surface area contributed by atoms with Gasteiger partial charge in [-0.3, -0.25) is 0 Å². The molecule has 3 aromatic rings. The predicted octanol–water partition coefficient (Wildman–Crippen LogP) is 0.940. The van der Waals surface area contributed by atoms with E-state index in [1.54, 1.807) is 6.20 Å². The van der Waals surface area contributed by atoms with Gasteiger partial charge in [0.1, 0.15) is 17.9 Å². The number of aromatic amines is 1. The van der Waals surface area contributed by atoms with Crippen LogP contribution in [-0.2, 0) is 13.1 Å². The average Bonchev–Trinajstić information content (AvgIpc) is 3.01. The number of nitrogens with two attached hydrogens (primary N) is 1. The van der Waals surface area contributed by atoms with Crippen molar-refractivity contribution in [2.45, 2.75) is 13.1 Å². The minimum absolute atomic E-state index is 0.0193. The maximum atomic E-state index is 13.5. The quantitative estimate of drug-likeness (QED) is 0.737. The van der Waals surface area contributed by atoms with Gasteiger partial charge < -0.3 is 10.7 Å². The van der Waals surface area contributed by atoms with Crippen LogP contribution in [0.2, 0.25) is 0 Å². The Labute approximate surface area is 106 Å². The Morgan fingerprint density at radius 3 is 2.89 bits per heavy atom. The predicted molar refractivity (Wildman–Crippen MR) is 63.0 cm³/mol. The van der Waals surface area contributed by atoms with Crippen molar-refractivity contribution in [2.75, 3.05) is 0 Å². The third-order valence-corrected chi connectivity index (χ3v) is 2.70. The maximum absolute atomic E-state index is 13.5. The molecular formula is C11H10F2N6. The molecule has 0 aliphatic carbocycles. The van der Waals surface area contributed by atoms with Crippen LogP contribution in [0.3, 0.4) is 0 Å². The van der Waals surface area contributed by atoms with Gasteiger partial charge in [0.05, 0.1) is 17.4 Å². The van der Waals surface area contributed by atoms with Crippen molar-refractivity contribution in [3.8, 4) is 0 Å². The number of nitrogens with one attached hydrogen (secondary N) is 1. The van der Waals surface area contributed by atoms with Gasteiger partial charge in [0.25, 0.3) is 0 Å². The first-order valence-corrected chi connectivity index (χ1v) is 5.59. The highest BCUT2D eigenvalue weighted by Crippen LogP contribution is 2.18. The minimum Gasteiger partial charge on any atom is -0.340 e. The van der Waals surface area contributed by atoms with Gasteiger partial charge in [-0.15, -0.1) is 5.10 Å². The first-order chi connectivity index (χ1) is 9.17. The number of benzene rings is 1. The van der Waals surface area contributed by atoms with Crippen molar-refractivity contribution >= 4 is 11.0 Å². The number of hydrogen-bond acceptors (Lipinski definition) is 4. The van der Waals surface area contributed by atoms with Crippen LogP contribution in [0.5, 0.6) is 0 Å². The third kappa shape index (κ3) is 2.06. The molecule has 3 N–H and O–H groups in total. The van der Waals surface area contributed by atoms with Crippen molar-refractivity contribution in [1.29, 1.82) is 0 Å². The van der Waals surface area contributed by atoms with Gasteiger partial charge in [-0.1, -0.05) is 5.21 Å². The first kappa shape index (κ1) is 11.7. The molecule has 19 heavy (non-hydrogen) atoms. The van der Waals surface area contributed by atoms with Gasteiger partial charge in [0, 0.05) is 6.54 Å². The molecule has 0 radical (unpaired) electrons. The van der Waals surface area contributed by atoms with E-state index in [-0.39, 0.29) is 12.1 Å². The van der Waals surface area contributed by atoms with Crippen LogP contribution in [0.15, 0.2) is 18.3 Å². The number of nitrogens with zero attached hydrogens (tertiary/aromatic N) is 4. The zero-order valence-electron chi connectivity index (χ0n) is 9.77. The molecular weight excluding hydrogens is 254 g/mol. The fourth-order valence-electron chi connectivity index (χ4n) is 1.81. The molecule has 2 heterocycles. The second-order valence-electron chi connectivity index (χ2n) is 4.05. The van der Waals surface area contributed by atoms with Gasteiger partial charge in [0.15, 0.2) is 11.6 Å². The molecule has 0 fully saturated rings. The average molecular weight is 264 g/mol. The van der Waals surface area contributed by atoms with Crippen LogP contribution in [0.4, 0.5) is 8.78 Å². The molecule has 0 saturated heterocycles. The summed E-state index contributed by atoms with van der Waals surface area (Å²) in [4.78, 5) is 6.91. The maximum Gasteiger partial charge on any atom is 0.186 e. The van der Waals surface area contributed by atoms with Gasteiger partial charge in [0.2, 0.25) is 0 Å². The number of halogens is 2. The van der Waals surface area contributed by atoms with Crippen molar-refractivity contribution in [3.05, 3.63) is 41.5 Å². The zero-order valence-corrected chi connectivity index (χ0v) is 9.77. The topological polar surface area (TPSA) is 85.4 Å². The summed E-state index contributed by atoms with van der Waals surface area (Å²) in [6.07, 6.45) is 1.67. The fraction of sp³-hybridized carbons (Fsp3) is 0.182. The number of fused-ring (bicyclic) bond motifs is 1. The summed E-state index contributed by atoms with van der Waals surface area (Å²) >= 11 is 0. The molecule has 0 spiro atoms. The van der Waals surface area contributed by atoms with Crippen molar-refractivity contribution in [2.24, 2.45) is 5.73 Å². The van der Waals surface area contributed by atoms with E-state index in [1.165, 1.54) is 10.7 Å². The fourth-order valence-corrected chi connectivity index (χ4v) is 1.81. The SMILES string of the molecule is NCc1cn(Cc2nc3c(F)c(F)ccc3[nH]2)nn1. The lowest BCUT2D eigenvalue weighted by atomic mass is 10.3. The molecule has 6 nitrogen and oxygen atoms in total. The molecule has 0 aliphatic heterocycles. The molecule has 0 bridgehead atoms. The van der Waals surface area contributed by atoms with Crippen LogP contribution < -0.4 is 5.73 Å². The molecule has 0 amide bonds. The standard InChI is InChI=1S/C11H10F2N6/c12-7-1-2-8-11(10(7)13)16-9(15-8)5-19-4-6(3-14)17-18-19/h1-2,4H,3,5,14H2,(H,15,16). The van der Waals surface area contributed by atoms with E-state index in [4.69, 9.17) is 5.73 Å². The van der Waals surface area contributed by atoms with Crippen molar-refractivity contribution in [3.63, 3.8) is 0 Å². The molecule has 2 aromatic heterocycles. The van der Waals surface area contributed by atoms with E-state index in [9.17, 15) is 8.78 Å². The highest BCUT2D eigenvalue weighted by atomic mass is 19.2. The Kier molecular flexibility index (Phi) is 2.71. The van der Waals surface area contributed by atoms with E-state index < -0.39 is 11.6 Å². The Bertz CT molecular complexity index is 732. The summed E-state index contributed by atoms with van der Waals surface area (Å²) in [5.74, 6) is -1.41. The smallest absolute Gasteiger partial charge is 0.186 e. The summed E-state index contributed by atoms with van der Waals surface area (Å²) in [5, 5.41) is 7.68. The highest BCUT2D eigenvalue weighted by molar-refractivity contribution is 5.75. The van der Waals surface area contributed by atoms with Crippen LogP contribution in [0.25, 0.3) is 11.0 Å². The van der Waals surface area contributed by atoms with E-state index in [0.717, 1.165) is 6.07 Å². The summed E-state index contributed by atoms with van der Waals surface area (Å²) in [7, 11) is 0. The van der Waals surface area contributed by atoms with Gasteiger partial charge in [-0.25, -0.2) is 18.4 Å². The summed E-state index contributed by atoms with van der Waals surface area (Å²) in [5.41, 5.74) is 6.49. The molecule has 0 atom stereocenters. The summed E-state index contributed by atoms with van der Waals surface area (Å²) in [6.45, 7) is 0.572. The molecule has 8 heteroatoms. The lowest BCUT2D eigenvalue weighted by Gasteiger charge is -1.94. The molecule has 0 unspecified atom stereocenters. The van der Waals surface area contributed by atoms with E-state index in [2.05, 4.69) is 20.3 Å². The lowest BCUT2D eigenvalue weighted by Crippen LogP contribution is -2.02. The third-order valence-electron chi connectivity index (χ3n) is 2.70. The van der Waals surface area contributed by atoms with E-state index in [1.807, 2.05) is 0 Å². The number of hydrogen-bond donors (Lipinski definition) is 2. The number of H-pyrrole nitrogens is 1. The van der Waals surface area contributed by atoms with Crippen LogP contribution >= 0.6 is 0 Å². The van der Waals surface area contributed by atoms with Crippen LogP contribution in [0.1, 0.15) is 11.5 Å². The highest BCUT2D eigenvalue weighted by Gasteiger charge is 2.12. The van der Waals surface area contributed by atoms with Crippen molar-refractivity contribution in [1.82, 2.24) is 25.0 Å². The van der Waals surface area contributed by atoms with Crippen molar-refractivity contribution < 1.29 is 8.78 Å². The molecule has 0 aliphatic rings. The molecule has 98 valence electrons. The number of imidazole rings is 1. The van der Waals surface area contributed by atoms with Crippen LogP contribution in [-0.4, -0.2) is 25.0 Å².